The van der Waals surface area contributed by atoms with Crippen molar-refractivity contribution in [1.29, 1.82) is 0 Å². The number of hydrogen-bond acceptors (Lipinski definition) is 7. The third-order valence-electron chi connectivity index (χ3n) is 5.68. The number of ether oxygens (including phenoxy) is 1. The summed E-state index contributed by atoms with van der Waals surface area (Å²) >= 11 is 0. The van der Waals surface area contributed by atoms with Crippen molar-refractivity contribution < 1.29 is 32.2 Å². The molecule has 13 heteroatoms. The van der Waals surface area contributed by atoms with E-state index >= 15 is 0 Å². The van der Waals surface area contributed by atoms with Crippen LogP contribution in [-0.2, 0) is 0 Å². The second-order valence-corrected chi connectivity index (χ2v) is 8.14. The zero-order valence-electron chi connectivity index (χ0n) is 19.0. The molecule has 2 atom stereocenters. The van der Waals surface area contributed by atoms with Gasteiger partial charge in [-0.05, 0) is 30.2 Å². The first kappa shape index (κ1) is 25.1. The molecule has 0 radical (unpaired) electrons. The van der Waals surface area contributed by atoms with E-state index in [1.807, 2.05) is 0 Å². The molecule has 3 N–H and O–H groups in total. The van der Waals surface area contributed by atoms with Crippen LogP contribution in [0, 0.1) is 5.82 Å². The average Bonchev–Trinajstić information content (AvgIpc) is 3.25. The molecule has 0 bridgehead atoms. The molecule has 36 heavy (non-hydrogen) atoms. The minimum atomic E-state index is -4.57. The monoisotopic (exact) mass is 506 g/mol. The molecule has 0 aliphatic carbocycles. The highest BCUT2D eigenvalue weighted by Crippen LogP contribution is 2.39. The van der Waals surface area contributed by atoms with Crippen molar-refractivity contribution in [3.8, 4) is 5.75 Å². The number of amides is 1. The van der Waals surface area contributed by atoms with Crippen LogP contribution in [0.1, 0.15) is 23.7 Å². The van der Waals surface area contributed by atoms with Gasteiger partial charge in [-0.25, -0.2) is 19.2 Å². The summed E-state index contributed by atoms with van der Waals surface area (Å²) in [6.45, 7) is 0.0364. The number of carboxylic acid groups (broad SMARTS) is 1. The van der Waals surface area contributed by atoms with E-state index in [1.54, 1.807) is 12.1 Å². The van der Waals surface area contributed by atoms with Crippen LogP contribution in [0.25, 0.3) is 10.9 Å². The summed E-state index contributed by atoms with van der Waals surface area (Å²) in [4.78, 5) is 20.4. The maximum absolute atomic E-state index is 13.8. The smallest absolute Gasteiger partial charge is 0.408 e. The molecule has 1 fully saturated rings. The number of pyridine rings is 2. The topological polar surface area (TPSA) is 112 Å². The molecule has 190 valence electrons. The highest BCUT2D eigenvalue weighted by molar-refractivity contribution is 5.86. The van der Waals surface area contributed by atoms with Crippen LogP contribution in [0.15, 0.2) is 47.7 Å². The number of likely N-dealkylation sites (tertiary alicyclic amines) is 1. The number of nitrogens with zero attached hydrogens (tertiary/aromatic N) is 4. The lowest BCUT2D eigenvalue weighted by Crippen LogP contribution is -2.40. The van der Waals surface area contributed by atoms with E-state index in [4.69, 9.17) is 9.84 Å². The van der Waals surface area contributed by atoms with Gasteiger partial charge in [0.2, 0.25) is 0 Å². The lowest BCUT2D eigenvalue weighted by molar-refractivity contribution is -0.183. The molecule has 1 amide bonds. The van der Waals surface area contributed by atoms with E-state index in [-0.39, 0.29) is 36.6 Å². The van der Waals surface area contributed by atoms with Gasteiger partial charge in [-0.15, -0.1) is 0 Å². The molecule has 4 rings (SSSR count). The summed E-state index contributed by atoms with van der Waals surface area (Å²) in [5.74, 6) is -0.225. The predicted octanol–water partition coefficient (Wildman–Crippen LogP) is 4.17. The Bertz CT molecular complexity index is 1270. The normalized spacial score (nSPS) is 17.4. The van der Waals surface area contributed by atoms with E-state index in [1.165, 1.54) is 42.5 Å². The van der Waals surface area contributed by atoms with Crippen LogP contribution in [0.4, 0.5) is 28.2 Å². The minimum Gasteiger partial charge on any atom is -0.494 e. The van der Waals surface area contributed by atoms with Gasteiger partial charge in [-0.3, -0.25) is 10.3 Å². The number of hydrogen-bond donors (Lipinski definition) is 3. The zero-order valence-corrected chi connectivity index (χ0v) is 19.0. The summed E-state index contributed by atoms with van der Waals surface area (Å²) in [6, 6.07) is 6.27. The first-order chi connectivity index (χ1) is 17.1. The first-order valence-electron chi connectivity index (χ1n) is 10.8. The number of rotatable bonds is 7. The fourth-order valence-electron chi connectivity index (χ4n) is 4.09. The van der Waals surface area contributed by atoms with Crippen LogP contribution in [0.5, 0.6) is 5.75 Å². The van der Waals surface area contributed by atoms with Crippen molar-refractivity contribution in [2.45, 2.75) is 24.7 Å². The summed E-state index contributed by atoms with van der Waals surface area (Å²) < 4.78 is 60.3. The van der Waals surface area contributed by atoms with Gasteiger partial charge in [-0.1, -0.05) is 12.1 Å². The number of anilines is 1. The third-order valence-corrected chi connectivity index (χ3v) is 5.68. The van der Waals surface area contributed by atoms with Crippen LogP contribution in [0.2, 0.25) is 0 Å². The van der Waals surface area contributed by atoms with Crippen molar-refractivity contribution in [1.82, 2.24) is 20.2 Å². The summed E-state index contributed by atoms with van der Waals surface area (Å²) in [6.07, 6.45) is -3.05. The van der Waals surface area contributed by atoms with E-state index in [2.05, 4.69) is 25.8 Å². The van der Waals surface area contributed by atoms with Crippen molar-refractivity contribution >= 4 is 29.0 Å². The Morgan fingerprint density at radius 3 is 2.78 bits per heavy atom. The lowest BCUT2D eigenvalue weighted by Gasteiger charge is -2.30. The Hall–Kier alpha value is -4.00. The molecular formula is C23H22F4N6O3. The molecule has 1 aliphatic rings. The number of hydrazone groups is 1. The second-order valence-electron chi connectivity index (χ2n) is 8.14. The molecule has 1 aliphatic heterocycles. The molecule has 9 nitrogen and oxygen atoms in total. The number of alkyl halides is 3. The Labute approximate surface area is 202 Å². The highest BCUT2D eigenvalue weighted by atomic mass is 19.4. The van der Waals surface area contributed by atoms with Crippen LogP contribution >= 0.6 is 0 Å². The van der Waals surface area contributed by atoms with Gasteiger partial charge in [0.1, 0.15) is 11.9 Å². The van der Waals surface area contributed by atoms with Gasteiger partial charge >= 0.3 is 12.3 Å². The van der Waals surface area contributed by atoms with E-state index < -0.39 is 30.2 Å². The Morgan fingerprint density at radius 2 is 2.11 bits per heavy atom. The molecule has 1 unspecified atom stereocenters. The number of carbonyl (C=O) groups is 1. The molecule has 0 saturated carbocycles. The number of nitrogens with one attached hydrogen (secondary N) is 2. The average molecular weight is 506 g/mol. The van der Waals surface area contributed by atoms with Crippen molar-refractivity contribution in [2.24, 2.45) is 5.10 Å². The molecule has 1 saturated heterocycles. The third kappa shape index (κ3) is 5.79. The molecule has 3 heterocycles. The van der Waals surface area contributed by atoms with E-state index in [0.29, 0.717) is 16.6 Å². The second kappa shape index (κ2) is 10.3. The highest BCUT2D eigenvalue weighted by Gasteiger charge is 2.47. The molecule has 3 aromatic rings. The van der Waals surface area contributed by atoms with Crippen LogP contribution in [-0.4, -0.2) is 64.7 Å². The fraction of sp³-hybridized carbons (Fsp3) is 0.304. The van der Waals surface area contributed by atoms with Crippen molar-refractivity contribution in [3.63, 3.8) is 0 Å². The number of benzene rings is 1. The molecule has 0 spiro atoms. The largest absolute Gasteiger partial charge is 0.494 e. The molecular weight excluding hydrogens is 484 g/mol. The summed E-state index contributed by atoms with van der Waals surface area (Å²) in [7, 11) is 1.35. The van der Waals surface area contributed by atoms with Crippen molar-refractivity contribution in [2.75, 3.05) is 25.6 Å². The number of fused-ring (bicyclic) bond motifs is 1. The van der Waals surface area contributed by atoms with E-state index in [9.17, 15) is 22.4 Å². The number of halogens is 4. The fourth-order valence-corrected chi connectivity index (χ4v) is 4.09. The number of methoxy groups -OCH3 is 1. The summed E-state index contributed by atoms with van der Waals surface area (Å²) in [5, 5.41) is 15.7. The minimum absolute atomic E-state index is 0.0575. The van der Waals surface area contributed by atoms with Crippen molar-refractivity contribution in [3.05, 3.63) is 59.7 Å². The SMILES string of the molecule is COc1cc2nc(C=NNc3ccc([C@@H](N4CCC(NC(=O)O)C4)C(F)(F)F)cn3)ccc2cc1F. The predicted molar refractivity (Wildman–Crippen MR) is 124 cm³/mol. The van der Waals surface area contributed by atoms with Gasteiger partial charge < -0.3 is 15.2 Å². The number of aromatic nitrogens is 2. The van der Waals surface area contributed by atoms with Gasteiger partial charge in [0.05, 0.1) is 24.5 Å². The standard InChI is InChI=1S/C23H22F4N6O3/c1-36-19-9-18-13(8-17(19)24)2-4-15(30-18)11-29-32-20-5-3-14(10-28-20)21(23(25,26)27)33-7-6-16(12-33)31-22(34)35/h2-5,8-11,16,21,31H,6-7,12H2,1H3,(H,28,32)(H,34,35)/t16?,21-/m1/s1. The van der Waals surface area contributed by atoms with Gasteiger partial charge in [0.15, 0.2) is 11.6 Å². The van der Waals surface area contributed by atoms with Crippen LogP contribution in [0.3, 0.4) is 0 Å². The zero-order chi connectivity index (χ0) is 25.9. The first-order valence-corrected chi connectivity index (χ1v) is 10.8. The molecule has 1 aromatic carbocycles. The quantitative estimate of drug-likeness (QED) is 0.251. The lowest BCUT2D eigenvalue weighted by atomic mass is 10.1. The molecule has 2 aromatic heterocycles. The van der Waals surface area contributed by atoms with Crippen LogP contribution < -0.4 is 15.5 Å². The Balaban J connectivity index is 1.44. The summed E-state index contributed by atoms with van der Waals surface area (Å²) in [5.41, 5.74) is 3.53. The maximum Gasteiger partial charge on any atom is 0.408 e. The Kier molecular flexibility index (Phi) is 7.20. The maximum atomic E-state index is 13.8. The van der Waals surface area contributed by atoms with Gasteiger partial charge in [-0.2, -0.15) is 18.3 Å². The van der Waals surface area contributed by atoms with Gasteiger partial charge in [0.25, 0.3) is 0 Å². The van der Waals surface area contributed by atoms with Gasteiger partial charge in [0, 0.05) is 36.8 Å². The Morgan fingerprint density at radius 1 is 1.31 bits per heavy atom. The van der Waals surface area contributed by atoms with E-state index in [0.717, 1.165) is 6.20 Å².